The first-order valence-electron chi connectivity index (χ1n) is 8.18. The van der Waals surface area contributed by atoms with E-state index in [0.29, 0.717) is 25.1 Å². The van der Waals surface area contributed by atoms with E-state index in [0.717, 1.165) is 23.6 Å². The summed E-state index contributed by atoms with van der Waals surface area (Å²) in [5, 5.41) is 0. The largest absolute Gasteiger partial charge is 0.341 e. The van der Waals surface area contributed by atoms with Crippen molar-refractivity contribution in [3.05, 3.63) is 35.6 Å². The minimum Gasteiger partial charge on any atom is -0.341 e. The van der Waals surface area contributed by atoms with Crippen molar-refractivity contribution >= 4 is 16.1 Å². The number of rotatable bonds is 2. The molecular weight excluding hydrogens is 333 g/mol. The predicted molar refractivity (Wildman–Crippen MR) is 87.8 cm³/mol. The summed E-state index contributed by atoms with van der Waals surface area (Å²) in [6.45, 7) is 1.36. The molecule has 0 saturated carbocycles. The van der Waals surface area contributed by atoms with Crippen molar-refractivity contribution in [2.75, 3.05) is 20.1 Å². The number of nitrogens with one attached hydrogen (secondary N) is 1. The van der Waals surface area contributed by atoms with Gasteiger partial charge in [-0.1, -0.05) is 12.1 Å². The smallest absolute Gasteiger partial charge is 0.280 e. The first kappa shape index (κ1) is 17.3. The molecule has 1 aromatic carbocycles. The van der Waals surface area contributed by atoms with Gasteiger partial charge in [0.25, 0.3) is 10.2 Å². The fraction of sp³-hybridized carbons (Fsp3) is 0.562. The zero-order valence-corrected chi connectivity index (χ0v) is 14.4. The standard InChI is InChI=1S/C16H22FN3O3S/c1-19-15(16(21)20-9-3-2-4-10-20)11-14(18-24(19,22)23)12-5-7-13(17)8-6-12/h5-8,14-15,18H,2-4,9-11H2,1H3. The molecule has 0 aromatic heterocycles. The Bertz CT molecular complexity index is 702. The van der Waals surface area contributed by atoms with E-state index in [1.165, 1.54) is 19.2 Å². The molecule has 2 atom stereocenters. The lowest BCUT2D eigenvalue weighted by atomic mass is 9.98. The van der Waals surface area contributed by atoms with Gasteiger partial charge in [-0.3, -0.25) is 4.79 Å². The van der Waals surface area contributed by atoms with Crippen LogP contribution in [-0.4, -0.2) is 49.7 Å². The molecule has 0 aliphatic carbocycles. The quantitative estimate of drug-likeness (QED) is 0.872. The minimum absolute atomic E-state index is 0.144. The Hall–Kier alpha value is -1.51. The van der Waals surface area contributed by atoms with E-state index in [1.807, 2.05) is 0 Å². The van der Waals surface area contributed by atoms with Crippen molar-refractivity contribution in [1.29, 1.82) is 0 Å². The van der Waals surface area contributed by atoms with E-state index in [2.05, 4.69) is 4.72 Å². The number of hydrogen-bond donors (Lipinski definition) is 1. The average Bonchev–Trinajstić information content (AvgIpc) is 2.58. The van der Waals surface area contributed by atoms with Gasteiger partial charge >= 0.3 is 0 Å². The van der Waals surface area contributed by atoms with Crippen LogP contribution in [0.1, 0.15) is 37.3 Å². The first-order chi connectivity index (χ1) is 11.4. The van der Waals surface area contributed by atoms with E-state index in [4.69, 9.17) is 0 Å². The molecule has 2 aliphatic rings. The molecule has 6 nitrogen and oxygen atoms in total. The maximum atomic E-state index is 13.1. The number of nitrogens with zero attached hydrogens (tertiary/aromatic N) is 2. The molecule has 2 heterocycles. The molecule has 2 fully saturated rings. The molecule has 8 heteroatoms. The van der Waals surface area contributed by atoms with E-state index >= 15 is 0 Å². The van der Waals surface area contributed by atoms with Gasteiger partial charge in [-0.05, 0) is 43.4 Å². The molecular formula is C16H22FN3O3S. The summed E-state index contributed by atoms with van der Waals surface area (Å²) >= 11 is 0. The molecule has 0 radical (unpaired) electrons. The number of carbonyl (C=O) groups is 1. The van der Waals surface area contributed by atoms with Gasteiger partial charge in [0.2, 0.25) is 5.91 Å². The lowest BCUT2D eigenvalue weighted by molar-refractivity contribution is -0.136. The van der Waals surface area contributed by atoms with E-state index in [1.54, 1.807) is 17.0 Å². The van der Waals surface area contributed by atoms with Crippen LogP contribution in [0.4, 0.5) is 4.39 Å². The number of halogens is 1. The summed E-state index contributed by atoms with van der Waals surface area (Å²) in [6.07, 6.45) is 3.34. The second-order valence-electron chi connectivity index (χ2n) is 6.38. The number of piperidine rings is 1. The van der Waals surface area contributed by atoms with Crippen molar-refractivity contribution in [2.45, 2.75) is 37.8 Å². The van der Waals surface area contributed by atoms with Crippen molar-refractivity contribution < 1.29 is 17.6 Å². The zero-order chi connectivity index (χ0) is 17.3. The van der Waals surface area contributed by atoms with Crippen molar-refractivity contribution in [2.24, 2.45) is 0 Å². The number of amides is 1. The lowest BCUT2D eigenvalue weighted by Crippen LogP contribution is -2.58. The molecule has 24 heavy (non-hydrogen) atoms. The number of likely N-dealkylation sites (tertiary alicyclic amines) is 1. The topological polar surface area (TPSA) is 69.7 Å². The Morgan fingerprint density at radius 3 is 2.42 bits per heavy atom. The van der Waals surface area contributed by atoms with Crippen LogP contribution in [0, 0.1) is 5.82 Å². The first-order valence-corrected chi connectivity index (χ1v) is 9.62. The molecule has 1 amide bonds. The van der Waals surface area contributed by atoms with Crippen molar-refractivity contribution in [1.82, 2.24) is 13.9 Å². The van der Waals surface area contributed by atoms with Gasteiger partial charge in [0, 0.05) is 26.2 Å². The summed E-state index contributed by atoms with van der Waals surface area (Å²) in [5.74, 6) is -0.523. The Kier molecular flexibility index (Phi) is 4.89. The third kappa shape index (κ3) is 3.45. The highest BCUT2D eigenvalue weighted by molar-refractivity contribution is 7.87. The summed E-state index contributed by atoms with van der Waals surface area (Å²) in [7, 11) is -2.33. The Morgan fingerprint density at radius 2 is 1.79 bits per heavy atom. The molecule has 2 aliphatic heterocycles. The summed E-state index contributed by atoms with van der Waals surface area (Å²) in [6, 6.07) is 4.43. The maximum absolute atomic E-state index is 13.1. The molecule has 3 rings (SSSR count). The minimum atomic E-state index is -3.76. The molecule has 132 valence electrons. The third-order valence-electron chi connectivity index (χ3n) is 4.79. The van der Waals surface area contributed by atoms with Crippen LogP contribution in [-0.2, 0) is 15.0 Å². The monoisotopic (exact) mass is 355 g/mol. The predicted octanol–water partition coefficient (Wildman–Crippen LogP) is 1.42. The Morgan fingerprint density at radius 1 is 1.17 bits per heavy atom. The van der Waals surface area contributed by atoms with E-state index < -0.39 is 22.3 Å². The number of likely N-dealkylation sites (N-methyl/N-ethyl adjacent to an activating group) is 1. The van der Waals surface area contributed by atoms with Gasteiger partial charge in [0.05, 0.1) is 0 Å². The van der Waals surface area contributed by atoms with Crippen LogP contribution < -0.4 is 4.72 Å². The maximum Gasteiger partial charge on any atom is 0.280 e. The summed E-state index contributed by atoms with van der Waals surface area (Å²) in [5.41, 5.74) is 0.657. The summed E-state index contributed by atoms with van der Waals surface area (Å²) < 4.78 is 41.6. The van der Waals surface area contributed by atoms with Crippen LogP contribution in [0.3, 0.4) is 0 Å². The number of carbonyl (C=O) groups excluding carboxylic acids is 1. The lowest BCUT2D eigenvalue weighted by Gasteiger charge is -2.39. The molecule has 0 spiro atoms. The van der Waals surface area contributed by atoms with Crippen LogP contribution in [0.5, 0.6) is 0 Å². The molecule has 2 saturated heterocycles. The fourth-order valence-corrected chi connectivity index (χ4v) is 4.60. The second kappa shape index (κ2) is 6.78. The van der Waals surface area contributed by atoms with Crippen molar-refractivity contribution in [3.8, 4) is 0 Å². The molecule has 1 aromatic rings. The normalized spacial score (nSPS) is 27.8. The van der Waals surface area contributed by atoms with Gasteiger partial charge in [-0.15, -0.1) is 0 Å². The summed E-state index contributed by atoms with van der Waals surface area (Å²) in [4.78, 5) is 14.6. The number of benzene rings is 1. The Balaban J connectivity index is 1.84. The molecule has 0 bridgehead atoms. The highest BCUT2D eigenvalue weighted by Gasteiger charge is 2.42. The fourth-order valence-electron chi connectivity index (χ4n) is 3.33. The highest BCUT2D eigenvalue weighted by Crippen LogP contribution is 2.29. The van der Waals surface area contributed by atoms with Crippen molar-refractivity contribution in [3.63, 3.8) is 0 Å². The van der Waals surface area contributed by atoms with Crippen LogP contribution in [0.2, 0.25) is 0 Å². The van der Waals surface area contributed by atoms with Crippen LogP contribution in [0.25, 0.3) is 0 Å². The van der Waals surface area contributed by atoms with Gasteiger partial charge in [0.1, 0.15) is 11.9 Å². The highest BCUT2D eigenvalue weighted by atomic mass is 32.2. The van der Waals surface area contributed by atoms with Gasteiger partial charge in [-0.25, -0.2) is 4.39 Å². The second-order valence-corrected chi connectivity index (χ2v) is 8.14. The Labute approximate surface area is 141 Å². The third-order valence-corrected chi connectivity index (χ3v) is 6.39. The van der Waals surface area contributed by atoms with Crippen LogP contribution in [0.15, 0.2) is 24.3 Å². The molecule has 1 N–H and O–H groups in total. The molecule has 2 unspecified atom stereocenters. The van der Waals surface area contributed by atoms with Gasteiger partial charge < -0.3 is 4.90 Å². The van der Waals surface area contributed by atoms with Gasteiger partial charge in [0.15, 0.2) is 0 Å². The zero-order valence-electron chi connectivity index (χ0n) is 13.6. The average molecular weight is 355 g/mol. The van der Waals surface area contributed by atoms with E-state index in [9.17, 15) is 17.6 Å². The van der Waals surface area contributed by atoms with Gasteiger partial charge in [-0.2, -0.15) is 17.4 Å². The van der Waals surface area contributed by atoms with Crippen LogP contribution >= 0.6 is 0 Å². The van der Waals surface area contributed by atoms with E-state index in [-0.39, 0.29) is 11.7 Å². The number of hydrogen-bond acceptors (Lipinski definition) is 3. The SMILES string of the molecule is CN1C(C(=O)N2CCCCC2)CC(c2ccc(F)cc2)NS1(=O)=O.